The molecular weight excluding hydrogens is 212 g/mol. The summed E-state index contributed by atoms with van der Waals surface area (Å²) < 4.78 is 0. The van der Waals surface area contributed by atoms with Crippen molar-refractivity contribution in [2.45, 2.75) is 40.2 Å². The second-order valence-electron chi connectivity index (χ2n) is 5.55. The zero-order valence-electron chi connectivity index (χ0n) is 11.1. The number of carbonyl (C=O) groups is 1. The number of carbonyl (C=O) groups excluding carboxylic acids is 1. The number of hydrogen-bond acceptors (Lipinski definition) is 2. The maximum absolute atomic E-state index is 10.3. The molecule has 0 radical (unpaired) electrons. The van der Waals surface area contributed by atoms with E-state index >= 15 is 0 Å². The minimum atomic E-state index is -0.332. The van der Waals surface area contributed by atoms with E-state index in [1.54, 1.807) is 6.08 Å². The third-order valence-corrected chi connectivity index (χ3v) is 3.41. The quantitative estimate of drug-likeness (QED) is 0.353. The fourth-order valence-corrected chi connectivity index (χ4v) is 2.57. The van der Waals surface area contributed by atoms with Gasteiger partial charge < -0.3 is 5.11 Å². The zero-order valence-corrected chi connectivity index (χ0v) is 11.1. The van der Waals surface area contributed by atoms with Gasteiger partial charge in [0.1, 0.15) is 6.29 Å². The van der Waals surface area contributed by atoms with E-state index in [1.807, 2.05) is 19.1 Å². The number of aldehydes is 1. The smallest absolute Gasteiger partial charge is 0.143 e. The predicted octanol–water partition coefficient (Wildman–Crippen LogP) is 3.04. The molecule has 0 amide bonds. The molecule has 2 heteroatoms. The van der Waals surface area contributed by atoms with Gasteiger partial charge in [-0.15, -0.1) is 0 Å². The zero-order chi connectivity index (χ0) is 13.1. The molecule has 1 N–H and O–H groups in total. The Bertz CT molecular complexity index is 372. The van der Waals surface area contributed by atoms with Crippen molar-refractivity contribution >= 4 is 6.29 Å². The van der Waals surface area contributed by atoms with Crippen LogP contribution in [0.15, 0.2) is 35.5 Å². The Balaban J connectivity index is 2.92. The van der Waals surface area contributed by atoms with Crippen molar-refractivity contribution in [3.05, 3.63) is 35.5 Å². The standard InChI is InChI=1S/C15H22O2/c1-11(7-8-16)5-6-14-12(2)9-13(17)10-15(14,3)4/h5-9,13-14,17H,10H2,1-4H3/t13-,14-/m1/s1. The molecular formula is C15H22O2. The Morgan fingerprint density at radius 3 is 2.71 bits per heavy atom. The first-order valence-corrected chi connectivity index (χ1v) is 6.03. The Labute approximate surface area is 104 Å². The summed E-state index contributed by atoms with van der Waals surface area (Å²) in [5.41, 5.74) is 2.20. The van der Waals surface area contributed by atoms with Gasteiger partial charge in [0.05, 0.1) is 6.10 Å². The normalized spacial score (nSPS) is 29.2. The number of rotatable bonds is 3. The molecule has 0 aliphatic heterocycles. The second-order valence-corrected chi connectivity index (χ2v) is 5.55. The van der Waals surface area contributed by atoms with Crippen LogP contribution in [0.3, 0.4) is 0 Å². The highest BCUT2D eigenvalue weighted by atomic mass is 16.3. The van der Waals surface area contributed by atoms with Gasteiger partial charge in [-0.25, -0.2) is 0 Å². The Morgan fingerprint density at radius 1 is 1.53 bits per heavy atom. The van der Waals surface area contributed by atoms with Crippen LogP contribution in [0.4, 0.5) is 0 Å². The van der Waals surface area contributed by atoms with E-state index < -0.39 is 0 Å². The van der Waals surface area contributed by atoms with E-state index in [9.17, 15) is 9.90 Å². The molecule has 1 aliphatic carbocycles. The maximum atomic E-state index is 10.3. The van der Waals surface area contributed by atoms with E-state index in [2.05, 4.69) is 26.8 Å². The molecule has 0 spiro atoms. The summed E-state index contributed by atoms with van der Waals surface area (Å²) in [6, 6.07) is 0. The van der Waals surface area contributed by atoms with Crippen LogP contribution in [0.5, 0.6) is 0 Å². The van der Waals surface area contributed by atoms with Gasteiger partial charge in [0.15, 0.2) is 0 Å². The van der Waals surface area contributed by atoms with E-state index in [-0.39, 0.29) is 11.5 Å². The molecule has 0 unspecified atom stereocenters. The third-order valence-electron chi connectivity index (χ3n) is 3.41. The van der Waals surface area contributed by atoms with Crippen LogP contribution in [-0.4, -0.2) is 17.5 Å². The van der Waals surface area contributed by atoms with Gasteiger partial charge in [0, 0.05) is 5.92 Å². The molecule has 94 valence electrons. The first kappa shape index (κ1) is 13.9. The van der Waals surface area contributed by atoms with E-state index in [0.717, 1.165) is 18.3 Å². The number of aliphatic hydroxyl groups excluding tert-OH is 1. The minimum Gasteiger partial charge on any atom is -0.389 e. The van der Waals surface area contributed by atoms with Crippen molar-refractivity contribution in [1.29, 1.82) is 0 Å². The van der Waals surface area contributed by atoms with Crippen LogP contribution in [-0.2, 0) is 4.79 Å². The summed E-state index contributed by atoms with van der Waals surface area (Å²) in [5, 5.41) is 9.74. The molecule has 1 rings (SSSR count). The predicted molar refractivity (Wildman–Crippen MR) is 70.6 cm³/mol. The lowest BCUT2D eigenvalue weighted by Gasteiger charge is -2.38. The average molecular weight is 234 g/mol. The SMILES string of the molecule is CC(C=C[C@@H]1C(C)=C[C@@H](O)CC1(C)C)=CC=O. The Hall–Kier alpha value is -1.15. The van der Waals surface area contributed by atoms with Crippen LogP contribution in [0.25, 0.3) is 0 Å². The summed E-state index contributed by atoms with van der Waals surface area (Å²) in [5.74, 6) is 0.320. The Kier molecular flexibility index (Phi) is 4.47. The van der Waals surface area contributed by atoms with Crippen molar-refractivity contribution < 1.29 is 9.90 Å². The molecule has 2 atom stereocenters. The molecule has 0 saturated carbocycles. The monoisotopic (exact) mass is 234 g/mol. The summed E-state index contributed by atoms with van der Waals surface area (Å²) in [4.78, 5) is 10.3. The summed E-state index contributed by atoms with van der Waals surface area (Å²) >= 11 is 0. The van der Waals surface area contributed by atoms with Crippen molar-refractivity contribution in [1.82, 2.24) is 0 Å². The van der Waals surface area contributed by atoms with Gasteiger partial charge in [0.25, 0.3) is 0 Å². The minimum absolute atomic E-state index is 0.0518. The highest BCUT2D eigenvalue weighted by Crippen LogP contribution is 2.41. The molecule has 0 saturated heterocycles. The molecule has 0 aromatic carbocycles. The number of hydrogen-bond donors (Lipinski definition) is 1. The maximum Gasteiger partial charge on any atom is 0.143 e. The van der Waals surface area contributed by atoms with Gasteiger partial charge in [-0.1, -0.05) is 37.6 Å². The van der Waals surface area contributed by atoms with Crippen molar-refractivity contribution in [2.24, 2.45) is 11.3 Å². The van der Waals surface area contributed by atoms with Crippen LogP contribution >= 0.6 is 0 Å². The second kappa shape index (κ2) is 5.46. The lowest BCUT2D eigenvalue weighted by molar-refractivity contribution is -0.104. The average Bonchev–Trinajstić information content (AvgIpc) is 2.14. The lowest BCUT2D eigenvalue weighted by Crippen LogP contribution is -2.32. The fourth-order valence-electron chi connectivity index (χ4n) is 2.57. The molecule has 0 bridgehead atoms. The first-order chi connectivity index (χ1) is 7.86. The topological polar surface area (TPSA) is 37.3 Å². The van der Waals surface area contributed by atoms with Gasteiger partial charge in [-0.3, -0.25) is 4.79 Å². The third kappa shape index (κ3) is 3.67. The van der Waals surface area contributed by atoms with Crippen molar-refractivity contribution in [2.75, 3.05) is 0 Å². The number of aliphatic hydroxyl groups is 1. The van der Waals surface area contributed by atoms with E-state index in [0.29, 0.717) is 5.92 Å². The van der Waals surface area contributed by atoms with Crippen LogP contribution < -0.4 is 0 Å². The van der Waals surface area contributed by atoms with Crippen LogP contribution in [0.2, 0.25) is 0 Å². The van der Waals surface area contributed by atoms with Gasteiger partial charge in [0.2, 0.25) is 0 Å². The Morgan fingerprint density at radius 2 is 2.18 bits per heavy atom. The van der Waals surface area contributed by atoms with Crippen LogP contribution in [0, 0.1) is 11.3 Å². The highest BCUT2D eigenvalue weighted by molar-refractivity contribution is 5.66. The van der Waals surface area contributed by atoms with Gasteiger partial charge in [-0.2, -0.15) is 0 Å². The molecule has 0 heterocycles. The van der Waals surface area contributed by atoms with Crippen molar-refractivity contribution in [3.63, 3.8) is 0 Å². The lowest BCUT2D eigenvalue weighted by atomic mass is 9.67. The van der Waals surface area contributed by atoms with Crippen molar-refractivity contribution in [3.8, 4) is 0 Å². The first-order valence-electron chi connectivity index (χ1n) is 6.03. The van der Waals surface area contributed by atoms with Gasteiger partial charge in [-0.05, 0) is 37.3 Å². The van der Waals surface area contributed by atoms with Crippen LogP contribution in [0.1, 0.15) is 34.1 Å². The molecule has 0 aromatic heterocycles. The van der Waals surface area contributed by atoms with E-state index in [1.165, 1.54) is 5.57 Å². The molecule has 0 fully saturated rings. The number of allylic oxidation sites excluding steroid dienone is 5. The summed E-state index contributed by atoms with van der Waals surface area (Å²) in [6.07, 6.45) is 8.84. The molecule has 2 nitrogen and oxygen atoms in total. The largest absolute Gasteiger partial charge is 0.389 e. The fraction of sp³-hybridized carbons (Fsp3) is 0.533. The van der Waals surface area contributed by atoms with Gasteiger partial charge >= 0.3 is 0 Å². The highest BCUT2D eigenvalue weighted by Gasteiger charge is 2.34. The molecule has 1 aliphatic rings. The molecule has 17 heavy (non-hydrogen) atoms. The van der Waals surface area contributed by atoms with E-state index in [4.69, 9.17) is 0 Å². The summed E-state index contributed by atoms with van der Waals surface area (Å²) in [6.45, 7) is 8.30. The summed E-state index contributed by atoms with van der Waals surface area (Å²) in [7, 11) is 0. The molecule has 0 aromatic rings.